The molecule has 0 fully saturated rings. The Morgan fingerprint density at radius 2 is 1.13 bits per heavy atom. The van der Waals surface area contributed by atoms with Gasteiger partial charge in [0, 0.05) is 5.92 Å². The first kappa shape index (κ1) is 22.9. The first-order valence-corrected chi connectivity index (χ1v) is 11.3. The van der Waals surface area contributed by atoms with Gasteiger partial charge < -0.3 is 5.11 Å². The Hall–Kier alpha value is -2.74. The first-order chi connectivity index (χ1) is 14.7. The van der Waals surface area contributed by atoms with Gasteiger partial charge >= 0.3 is 5.97 Å². The molecule has 0 aliphatic heterocycles. The summed E-state index contributed by atoms with van der Waals surface area (Å²) in [6.45, 7) is 0. The van der Waals surface area contributed by atoms with Crippen LogP contribution in [0.25, 0.3) is 0 Å². The smallest absolute Gasteiger partial charge is 0.304 e. The van der Waals surface area contributed by atoms with Crippen LogP contribution in [0.3, 0.4) is 0 Å². The SMILES string of the molecule is Br.O=C(O)CC(c1ccccc1)c1ccccc1P(c1ccccc1)c1ccccc1. The number of carbonyl (C=O) groups is 1. The Kier molecular flexibility index (Phi) is 8.17. The van der Waals surface area contributed by atoms with Crippen LogP contribution in [-0.2, 0) is 4.79 Å². The third kappa shape index (κ3) is 5.50. The Labute approximate surface area is 195 Å². The monoisotopic (exact) mass is 490 g/mol. The summed E-state index contributed by atoms with van der Waals surface area (Å²) in [6.07, 6.45) is 0.0633. The molecular formula is C27H24BrO2P. The topological polar surface area (TPSA) is 37.3 Å². The van der Waals surface area contributed by atoms with Crippen LogP contribution in [0.4, 0.5) is 0 Å². The molecule has 0 bridgehead atoms. The number of rotatable bonds is 7. The minimum absolute atomic E-state index is 0. The number of carboxylic acids is 1. The van der Waals surface area contributed by atoms with Crippen molar-refractivity contribution in [3.05, 3.63) is 126 Å². The van der Waals surface area contributed by atoms with Crippen LogP contribution in [0.5, 0.6) is 0 Å². The van der Waals surface area contributed by atoms with E-state index in [-0.39, 0.29) is 29.3 Å². The molecule has 31 heavy (non-hydrogen) atoms. The summed E-state index contributed by atoms with van der Waals surface area (Å²) in [7, 11) is -0.808. The molecule has 0 aliphatic carbocycles. The summed E-state index contributed by atoms with van der Waals surface area (Å²) in [6, 6.07) is 39.3. The lowest BCUT2D eigenvalue weighted by atomic mass is 9.88. The average molecular weight is 491 g/mol. The lowest BCUT2D eigenvalue weighted by Crippen LogP contribution is -2.25. The van der Waals surface area contributed by atoms with E-state index in [1.54, 1.807) is 0 Å². The van der Waals surface area contributed by atoms with E-state index >= 15 is 0 Å². The van der Waals surface area contributed by atoms with Crippen LogP contribution >= 0.6 is 24.9 Å². The van der Waals surface area contributed by atoms with Gasteiger partial charge in [-0.05, 0) is 35.0 Å². The molecule has 0 saturated heterocycles. The predicted molar refractivity (Wildman–Crippen MR) is 136 cm³/mol. The number of aliphatic carboxylic acids is 1. The molecule has 0 amide bonds. The number of benzene rings is 4. The van der Waals surface area contributed by atoms with Crippen molar-refractivity contribution >= 4 is 46.8 Å². The van der Waals surface area contributed by atoms with Gasteiger partial charge in [-0.15, -0.1) is 17.0 Å². The molecule has 0 saturated carbocycles. The normalized spacial score (nSPS) is 11.5. The fourth-order valence-corrected chi connectivity index (χ4v) is 6.35. The van der Waals surface area contributed by atoms with E-state index in [0.29, 0.717) is 0 Å². The highest BCUT2D eigenvalue weighted by Gasteiger charge is 2.25. The van der Waals surface area contributed by atoms with Gasteiger partial charge in [-0.2, -0.15) is 0 Å². The van der Waals surface area contributed by atoms with Crippen molar-refractivity contribution in [1.82, 2.24) is 0 Å². The van der Waals surface area contributed by atoms with Crippen LogP contribution in [-0.4, -0.2) is 11.1 Å². The minimum atomic E-state index is -0.808. The van der Waals surface area contributed by atoms with Crippen molar-refractivity contribution in [3.8, 4) is 0 Å². The van der Waals surface area contributed by atoms with E-state index in [2.05, 4.69) is 66.7 Å². The van der Waals surface area contributed by atoms with E-state index < -0.39 is 13.9 Å². The van der Waals surface area contributed by atoms with E-state index in [9.17, 15) is 9.90 Å². The van der Waals surface area contributed by atoms with Crippen molar-refractivity contribution in [1.29, 1.82) is 0 Å². The van der Waals surface area contributed by atoms with Gasteiger partial charge in [0.15, 0.2) is 0 Å². The van der Waals surface area contributed by atoms with E-state index in [4.69, 9.17) is 0 Å². The van der Waals surface area contributed by atoms with E-state index in [1.807, 2.05) is 48.5 Å². The van der Waals surface area contributed by atoms with Crippen molar-refractivity contribution in [2.45, 2.75) is 12.3 Å². The van der Waals surface area contributed by atoms with Crippen LogP contribution in [0.1, 0.15) is 23.5 Å². The molecule has 156 valence electrons. The molecule has 0 aliphatic rings. The van der Waals surface area contributed by atoms with Crippen LogP contribution in [0.15, 0.2) is 115 Å². The van der Waals surface area contributed by atoms with E-state index in [1.165, 1.54) is 15.9 Å². The second-order valence-corrected chi connectivity index (χ2v) is 9.31. The largest absolute Gasteiger partial charge is 0.481 e. The molecule has 0 heterocycles. The van der Waals surface area contributed by atoms with Gasteiger partial charge in [0.05, 0.1) is 6.42 Å². The lowest BCUT2D eigenvalue weighted by Gasteiger charge is -2.26. The van der Waals surface area contributed by atoms with Crippen molar-refractivity contribution in [2.75, 3.05) is 0 Å². The summed E-state index contributed by atoms with van der Waals surface area (Å²) in [5.74, 6) is -0.986. The molecule has 4 rings (SSSR count). The molecule has 0 radical (unpaired) electrons. The maximum Gasteiger partial charge on any atom is 0.304 e. The Bertz CT molecular complexity index is 1060. The summed E-state index contributed by atoms with van der Waals surface area (Å²) in [5.41, 5.74) is 2.12. The Balaban J connectivity index is 0.00000272. The van der Waals surface area contributed by atoms with Crippen molar-refractivity contribution < 1.29 is 9.90 Å². The van der Waals surface area contributed by atoms with Gasteiger partial charge in [0.2, 0.25) is 0 Å². The summed E-state index contributed by atoms with van der Waals surface area (Å²) in [4.78, 5) is 11.8. The van der Waals surface area contributed by atoms with Gasteiger partial charge in [-0.3, -0.25) is 4.79 Å². The summed E-state index contributed by atoms with van der Waals surface area (Å²) < 4.78 is 0. The lowest BCUT2D eigenvalue weighted by molar-refractivity contribution is -0.137. The fourth-order valence-electron chi connectivity index (χ4n) is 3.83. The molecular weight excluding hydrogens is 467 g/mol. The minimum Gasteiger partial charge on any atom is -0.481 e. The van der Waals surface area contributed by atoms with Gasteiger partial charge in [-0.1, -0.05) is 115 Å². The third-order valence-electron chi connectivity index (χ3n) is 5.16. The second-order valence-electron chi connectivity index (χ2n) is 7.13. The highest BCUT2D eigenvalue weighted by atomic mass is 79.9. The maximum atomic E-state index is 11.8. The molecule has 1 atom stereocenters. The van der Waals surface area contributed by atoms with Crippen LogP contribution in [0, 0.1) is 0 Å². The molecule has 2 nitrogen and oxygen atoms in total. The Morgan fingerprint density at radius 3 is 1.65 bits per heavy atom. The predicted octanol–water partition coefficient (Wildman–Crippen LogP) is 5.63. The molecule has 1 unspecified atom stereocenters. The van der Waals surface area contributed by atoms with E-state index in [0.717, 1.165) is 11.1 Å². The summed E-state index contributed by atoms with van der Waals surface area (Å²) >= 11 is 0. The molecule has 4 aromatic carbocycles. The average Bonchev–Trinajstić information content (AvgIpc) is 2.80. The van der Waals surface area contributed by atoms with Crippen molar-refractivity contribution in [2.24, 2.45) is 0 Å². The van der Waals surface area contributed by atoms with Gasteiger partial charge in [0.1, 0.15) is 0 Å². The molecule has 4 heteroatoms. The van der Waals surface area contributed by atoms with Gasteiger partial charge in [0.25, 0.3) is 0 Å². The molecule has 4 aromatic rings. The summed E-state index contributed by atoms with van der Waals surface area (Å²) in [5, 5.41) is 13.4. The number of carboxylic acid groups (broad SMARTS) is 1. The molecule has 1 N–H and O–H groups in total. The third-order valence-corrected chi connectivity index (χ3v) is 7.68. The number of hydrogen-bond donors (Lipinski definition) is 1. The first-order valence-electron chi connectivity index (χ1n) is 10.00. The highest BCUT2D eigenvalue weighted by molar-refractivity contribution is 8.93. The molecule has 0 aromatic heterocycles. The Morgan fingerprint density at radius 1 is 0.677 bits per heavy atom. The maximum absolute atomic E-state index is 11.8. The standard InChI is InChI=1S/C27H23O2P.BrH/c28-27(29)20-25(21-12-4-1-5-13-21)24-18-10-11-19-26(24)30(22-14-6-2-7-15-22)23-16-8-3-9-17-23;/h1-19,25H,20H2,(H,28,29);1H. The number of halogens is 1. The van der Waals surface area contributed by atoms with Gasteiger partial charge in [-0.25, -0.2) is 0 Å². The zero-order valence-electron chi connectivity index (χ0n) is 17.0. The molecule has 0 spiro atoms. The zero-order valence-corrected chi connectivity index (χ0v) is 19.6. The quantitative estimate of drug-likeness (QED) is 0.341. The number of hydrogen-bond acceptors (Lipinski definition) is 1. The van der Waals surface area contributed by atoms with Crippen LogP contribution < -0.4 is 15.9 Å². The highest BCUT2D eigenvalue weighted by Crippen LogP contribution is 2.38. The van der Waals surface area contributed by atoms with Crippen molar-refractivity contribution in [3.63, 3.8) is 0 Å². The zero-order chi connectivity index (χ0) is 20.8. The fraction of sp³-hybridized carbons (Fsp3) is 0.0741. The van der Waals surface area contributed by atoms with Crippen LogP contribution in [0.2, 0.25) is 0 Å². The second kappa shape index (κ2) is 11.0.